The molecule has 1 fully saturated rings. The van der Waals surface area contributed by atoms with Crippen LogP contribution in [0, 0.1) is 0 Å². The van der Waals surface area contributed by atoms with Crippen LogP contribution in [0.3, 0.4) is 0 Å². The maximum Gasteiger partial charge on any atom is 0.318 e. The number of aliphatic hydroxyl groups excluding tert-OH is 1. The molecule has 0 spiro atoms. The number of rotatable bonds is 5. The van der Waals surface area contributed by atoms with E-state index in [1.807, 2.05) is 10.2 Å². The van der Waals surface area contributed by atoms with Crippen molar-refractivity contribution in [1.82, 2.24) is 10.2 Å². The summed E-state index contributed by atoms with van der Waals surface area (Å²) in [7, 11) is 0. The van der Waals surface area contributed by atoms with E-state index in [1.54, 1.807) is 0 Å². The van der Waals surface area contributed by atoms with Gasteiger partial charge >= 0.3 is 6.03 Å². The third-order valence-electron chi connectivity index (χ3n) is 2.59. The molecule has 1 saturated carbocycles. The molecular formula is C9H17N3O3. The van der Waals surface area contributed by atoms with Crippen molar-refractivity contribution in [3.05, 3.63) is 0 Å². The van der Waals surface area contributed by atoms with Crippen LogP contribution in [-0.4, -0.2) is 47.7 Å². The first-order chi connectivity index (χ1) is 7.13. The quantitative estimate of drug-likeness (QED) is 0.549. The molecule has 0 aromatic carbocycles. The lowest BCUT2D eigenvalue weighted by molar-refractivity contribution is -0.122. The van der Waals surface area contributed by atoms with Gasteiger partial charge in [0.15, 0.2) is 0 Å². The molecule has 6 nitrogen and oxygen atoms in total. The Hall–Kier alpha value is -1.14. The van der Waals surface area contributed by atoms with E-state index in [9.17, 15) is 9.59 Å². The lowest BCUT2D eigenvalue weighted by Crippen LogP contribution is -2.48. The Morgan fingerprint density at radius 2 is 2.13 bits per heavy atom. The van der Waals surface area contributed by atoms with E-state index in [-0.39, 0.29) is 13.2 Å². The summed E-state index contributed by atoms with van der Waals surface area (Å²) in [5.74, 6) is -0.414. The van der Waals surface area contributed by atoms with E-state index in [2.05, 4.69) is 0 Å². The first kappa shape index (κ1) is 11.9. The molecule has 1 aliphatic rings. The number of aliphatic hydroxyl groups is 1. The third kappa shape index (κ3) is 3.85. The number of nitrogens with zero attached hydrogens (tertiary/aromatic N) is 1. The van der Waals surface area contributed by atoms with Crippen LogP contribution in [0.25, 0.3) is 0 Å². The highest BCUT2D eigenvalue weighted by atomic mass is 16.3. The Labute approximate surface area is 88.4 Å². The summed E-state index contributed by atoms with van der Waals surface area (Å²) < 4.78 is 0. The van der Waals surface area contributed by atoms with Crippen LogP contribution in [0.2, 0.25) is 0 Å². The second-order valence-electron chi connectivity index (χ2n) is 3.69. The van der Waals surface area contributed by atoms with Crippen LogP contribution in [0.5, 0.6) is 0 Å². The van der Waals surface area contributed by atoms with Gasteiger partial charge in [-0.2, -0.15) is 0 Å². The molecule has 3 amide bonds. The summed E-state index contributed by atoms with van der Waals surface area (Å²) in [5.41, 5.74) is 4.83. The van der Waals surface area contributed by atoms with E-state index < -0.39 is 11.9 Å². The molecule has 15 heavy (non-hydrogen) atoms. The molecule has 4 N–H and O–H groups in total. The maximum absolute atomic E-state index is 11.2. The van der Waals surface area contributed by atoms with Gasteiger partial charge in [-0.1, -0.05) is 6.42 Å². The number of nitrogens with two attached hydrogens (primary N) is 1. The highest BCUT2D eigenvalue weighted by molar-refractivity contribution is 5.94. The van der Waals surface area contributed by atoms with Crippen LogP contribution in [0.4, 0.5) is 4.79 Å². The SMILES string of the molecule is NC(=O)NC(=O)CN(CCO)C1CCC1. The maximum atomic E-state index is 11.2. The van der Waals surface area contributed by atoms with Crippen molar-refractivity contribution in [2.24, 2.45) is 5.73 Å². The number of hydrogen-bond acceptors (Lipinski definition) is 4. The summed E-state index contributed by atoms with van der Waals surface area (Å²) in [6, 6.07) is -0.478. The van der Waals surface area contributed by atoms with Crippen LogP contribution in [-0.2, 0) is 4.79 Å². The molecule has 0 saturated heterocycles. The number of primary amides is 1. The van der Waals surface area contributed by atoms with Gasteiger partial charge in [0.1, 0.15) is 0 Å². The lowest BCUT2D eigenvalue weighted by Gasteiger charge is -2.36. The van der Waals surface area contributed by atoms with Gasteiger partial charge in [0.05, 0.1) is 13.2 Å². The van der Waals surface area contributed by atoms with Gasteiger partial charge in [-0.3, -0.25) is 15.0 Å². The smallest absolute Gasteiger partial charge is 0.318 e. The summed E-state index contributed by atoms with van der Waals surface area (Å²) in [6.07, 6.45) is 3.25. The molecular weight excluding hydrogens is 198 g/mol. The lowest BCUT2D eigenvalue weighted by atomic mass is 9.91. The molecule has 1 rings (SSSR count). The zero-order valence-electron chi connectivity index (χ0n) is 8.61. The van der Waals surface area contributed by atoms with Crippen molar-refractivity contribution >= 4 is 11.9 Å². The molecule has 0 aliphatic heterocycles. The van der Waals surface area contributed by atoms with Crippen LogP contribution in [0.15, 0.2) is 0 Å². The molecule has 0 radical (unpaired) electrons. The van der Waals surface area contributed by atoms with E-state index in [0.29, 0.717) is 12.6 Å². The van der Waals surface area contributed by atoms with Crippen molar-refractivity contribution in [3.63, 3.8) is 0 Å². The number of urea groups is 1. The van der Waals surface area contributed by atoms with Gasteiger partial charge in [-0.15, -0.1) is 0 Å². The molecule has 1 aliphatic carbocycles. The number of carbonyl (C=O) groups is 2. The van der Waals surface area contributed by atoms with Crippen molar-refractivity contribution < 1.29 is 14.7 Å². The monoisotopic (exact) mass is 215 g/mol. The highest BCUT2D eigenvalue weighted by Gasteiger charge is 2.26. The predicted octanol–water partition coefficient (Wildman–Crippen LogP) is -0.972. The minimum Gasteiger partial charge on any atom is -0.395 e. The Morgan fingerprint density at radius 3 is 2.53 bits per heavy atom. The minimum absolute atomic E-state index is 0.0142. The normalized spacial score (nSPS) is 16.1. The van der Waals surface area contributed by atoms with E-state index in [4.69, 9.17) is 10.8 Å². The number of nitrogens with one attached hydrogen (secondary N) is 1. The van der Waals surface area contributed by atoms with Crippen LogP contribution < -0.4 is 11.1 Å². The van der Waals surface area contributed by atoms with Gasteiger partial charge in [0.2, 0.25) is 5.91 Å². The zero-order valence-corrected chi connectivity index (χ0v) is 8.61. The number of amides is 3. The van der Waals surface area contributed by atoms with Gasteiger partial charge < -0.3 is 10.8 Å². The van der Waals surface area contributed by atoms with Crippen molar-refractivity contribution in [3.8, 4) is 0 Å². The predicted molar refractivity (Wildman–Crippen MR) is 54.0 cm³/mol. The summed E-state index contributed by atoms with van der Waals surface area (Å²) in [4.78, 5) is 23.5. The number of hydrogen-bond donors (Lipinski definition) is 3. The summed E-state index contributed by atoms with van der Waals surface area (Å²) >= 11 is 0. The van der Waals surface area contributed by atoms with E-state index in [1.165, 1.54) is 0 Å². The Bertz CT molecular complexity index is 241. The van der Waals surface area contributed by atoms with Crippen molar-refractivity contribution in [1.29, 1.82) is 0 Å². The number of carbonyl (C=O) groups excluding carboxylic acids is 2. The van der Waals surface area contributed by atoms with E-state index >= 15 is 0 Å². The molecule has 0 heterocycles. The van der Waals surface area contributed by atoms with Crippen molar-refractivity contribution in [2.45, 2.75) is 25.3 Å². The Balaban J connectivity index is 2.35. The zero-order chi connectivity index (χ0) is 11.3. The standard InChI is InChI=1S/C9H17N3O3/c10-9(15)11-8(14)6-12(4-5-13)7-2-1-3-7/h7,13H,1-6H2,(H3,10,11,14,15). The molecule has 6 heteroatoms. The second-order valence-corrected chi connectivity index (χ2v) is 3.69. The fraction of sp³-hybridized carbons (Fsp3) is 0.778. The molecule has 0 atom stereocenters. The van der Waals surface area contributed by atoms with Gasteiger partial charge in [-0.25, -0.2) is 4.79 Å². The van der Waals surface area contributed by atoms with Gasteiger partial charge in [-0.05, 0) is 12.8 Å². The second kappa shape index (κ2) is 5.67. The van der Waals surface area contributed by atoms with Crippen LogP contribution >= 0.6 is 0 Å². The van der Waals surface area contributed by atoms with Crippen LogP contribution in [0.1, 0.15) is 19.3 Å². The summed E-state index contributed by atoms with van der Waals surface area (Å²) in [6.45, 7) is 0.589. The van der Waals surface area contributed by atoms with Gasteiger partial charge in [0.25, 0.3) is 0 Å². The van der Waals surface area contributed by atoms with Gasteiger partial charge in [0, 0.05) is 12.6 Å². The first-order valence-electron chi connectivity index (χ1n) is 5.07. The highest BCUT2D eigenvalue weighted by Crippen LogP contribution is 2.24. The van der Waals surface area contributed by atoms with Crippen molar-refractivity contribution in [2.75, 3.05) is 19.7 Å². The molecule has 0 aromatic heterocycles. The third-order valence-corrected chi connectivity index (χ3v) is 2.59. The Morgan fingerprint density at radius 1 is 1.47 bits per heavy atom. The largest absolute Gasteiger partial charge is 0.395 e. The number of imide groups is 1. The molecule has 86 valence electrons. The van der Waals surface area contributed by atoms with E-state index in [0.717, 1.165) is 19.3 Å². The molecule has 0 aromatic rings. The molecule has 0 bridgehead atoms. The fourth-order valence-corrected chi connectivity index (χ4v) is 1.63. The summed E-state index contributed by atoms with van der Waals surface area (Å²) in [5, 5.41) is 10.8. The molecule has 0 unspecified atom stereocenters. The topological polar surface area (TPSA) is 95.7 Å². The average molecular weight is 215 g/mol. The minimum atomic E-state index is -0.836. The average Bonchev–Trinajstić information content (AvgIpc) is 1.98. The first-order valence-corrected chi connectivity index (χ1v) is 5.07. The fourth-order valence-electron chi connectivity index (χ4n) is 1.63. The Kier molecular flexibility index (Phi) is 4.51.